The van der Waals surface area contributed by atoms with E-state index >= 15 is 0 Å². The third-order valence-corrected chi connectivity index (χ3v) is 4.66. The molecule has 1 atom stereocenters. The molecule has 132 valence electrons. The molecule has 0 spiro atoms. The largest absolute Gasteiger partial charge is 0.393 e. The van der Waals surface area contributed by atoms with Crippen LogP contribution < -0.4 is 10.2 Å². The fraction of sp³-hybridized carbons (Fsp3) is 0.421. The van der Waals surface area contributed by atoms with Crippen LogP contribution in [0.2, 0.25) is 0 Å². The van der Waals surface area contributed by atoms with Crippen molar-refractivity contribution in [2.45, 2.75) is 31.4 Å². The average molecular weight is 340 g/mol. The number of carbonyl (C=O) groups is 1. The molecule has 0 aromatic carbocycles. The lowest BCUT2D eigenvalue weighted by atomic mass is 9.76. The first-order valence-corrected chi connectivity index (χ1v) is 8.55. The molecule has 6 heteroatoms. The van der Waals surface area contributed by atoms with E-state index in [9.17, 15) is 9.90 Å². The van der Waals surface area contributed by atoms with E-state index in [0.717, 1.165) is 24.4 Å². The van der Waals surface area contributed by atoms with Crippen molar-refractivity contribution in [1.82, 2.24) is 15.3 Å². The minimum absolute atomic E-state index is 0.0423. The highest BCUT2D eigenvalue weighted by Gasteiger charge is 2.35. The van der Waals surface area contributed by atoms with Crippen LogP contribution in [0.15, 0.2) is 42.7 Å². The van der Waals surface area contributed by atoms with Gasteiger partial charge in [-0.1, -0.05) is 6.07 Å². The Labute approximate surface area is 147 Å². The highest BCUT2D eigenvalue weighted by atomic mass is 16.3. The summed E-state index contributed by atoms with van der Waals surface area (Å²) in [4.78, 5) is 23.1. The molecular formula is C19H24N4O2. The topological polar surface area (TPSA) is 78.4 Å². The molecule has 1 fully saturated rings. The first-order chi connectivity index (χ1) is 12.0. The lowest BCUT2D eigenvalue weighted by molar-refractivity contribution is 0.0238. The van der Waals surface area contributed by atoms with Crippen LogP contribution in [0.25, 0.3) is 0 Å². The number of nitrogens with one attached hydrogen (secondary N) is 1. The maximum Gasteiger partial charge on any atom is 0.253 e. The maximum absolute atomic E-state index is 12.6. The molecule has 1 amide bonds. The quantitative estimate of drug-likeness (QED) is 0.836. The number of hydrogen-bond acceptors (Lipinski definition) is 5. The van der Waals surface area contributed by atoms with Gasteiger partial charge in [-0.2, -0.15) is 0 Å². The predicted octanol–water partition coefficient (Wildman–Crippen LogP) is 1.65. The van der Waals surface area contributed by atoms with Crippen molar-refractivity contribution in [3.63, 3.8) is 0 Å². The van der Waals surface area contributed by atoms with Crippen molar-refractivity contribution in [2.75, 3.05) is 19.0 Å². The molecule has 2 aromatic heterocycles. The zero-order valence-electron chi connectivity index (χ0n) is 14.6. The Morgan fingerprint density at radius 2 is 2.08 bits per heavy atom. The Morgan fingerprint density at radius 3 is 2.64 bits per heavy atom. The van der Waals surface area contributed by atoms with Gasteiger partial charge in [0.15, 0.2) is 0 Å². The maximum atomic E-state index is 12.6. The predicted molar refractivity (Wildman–Crippen MR) is 96.5 cm³/mol. The molecule has 1 unspecified atom stereocenters. The van der Waals surface area contributed by atoms with Crippen LogP contribution in [0.5, 0.6) is 0 Å². The number of aliphatic hydroxyl groups excluding tert-OH is 1. The Kier molecular flexibility index (Phi) is 5.28. The highest BCUT2D eigenvalue weighted by Crippen LogP contribution is 2.31. The molecule has 1 saturated carbocycles. The standard InChI is InChI=1S/C19H24N4O2/c1-23(2)18-7-6-13(12-21-18)19(25)22-17(14-9-16(24)10-14)11-15-5-3-4-8-20-15/h3-8,12,14,16-17,24H,9-11H2,1-2H3,(H,22,25). The van der Waals surface area contributed by atoms with E-state index < -0.39 is 0 Å². The van der Waals surface area contributed by atoms with E-state index in [4.69, 9.17) is 0 Å². The average Bonchev–Trinajstić information content (AvgIpc) is 2.59. The smallest absolute Gasteiger partial charge is 0.253 e. The molecule has 2 heterocycles. The number of hydrogen-bond donors (Lipinski definition) is 2. The van der Waals surface area contributed by atoms with Gasteiger partial charge in [-0.15, -0.1) is 0 Å². The molecule has 6 nitrogen and oxygen atoms in total. The van der Waals surface area contributed by atoms with E-state index in [2.05, 4.69) is 15.3 Å². The number of aromatic nitrogens is 2. The monoisotopic (exact) mass is 340 g/mol. The van der Waals surface area contributed by atoms with Crippen LogP contribution in [-0.2, 0) is 6.42 Å². The van der Waals surface area contributed by atoms with Crippen LogP contribution in [0.3, 0.4) is 0 Å². The molecule has 25 heavy (non-hydrogen) atoms. The van der Waals surface area contributed by atoms with E-state index in [1.54, 1.807) is 18.5 Å². The van der Waals surface area contributed by atoms with Gasteiger partial charge in [0.05, 0.1) is 11.7 Å². The number of pyridine rings is 2. The van der Waals surface area contributed by atoms with Gasteiger partial charge in [-0.05, 0) is 43.0 Å². The van der Waals surface area contributed by atoms with Gasteiger partial charge in [0.1, 0.15) is 5.82 Å². The Balaban J connectivity index is 1.69. The zero-order valence-corrected chi connectivity index (χ0v) is 14.6. The summed E-state index contributed by atoms with van der Waals surface area (Å²) in [5.41, 5.74) is 1.48. The summed E-state index contributed by atoms with van der Waals surface area (Å²) in [5.74, 6) is 0.943. The van der Waals surface area contributed by atoms with Gasteiger partial charge in [-0.3, -0.25) is 9.78 Å². The minimum atomic E-state index is -0.255. The van der Waals surface area contributed by atoms with Gasteiger partial charge in [0, 0.05) is 44.6 Å². The van der Waals surface area contributed by atoms with Gasteiger partial charge >= 0.3 is 0 Å². The molecule has 3 rings (SSSR count). The Hall–Kier alpha value is -2.47. The molecule has 0 radical (unpaired) electrons. The second-order valence-corrected chi connectivity index (χ2v) is 6.79. The first kappa shape index (κ1) is 17.4. The van der Waals surface area contributed by atoms with Gasteiger partial charge in [-0.25, -0.2) is 4.98 Å². The fourth-order valence-electron chi connectivity index (χ4n) is 3.07. The molecule has 1 aliphatic carbocycles. The first-order valence-electron chi connectivity index (χ1n) is 8.55. The van der Waals surface area contributed by atoms with Crippen LogP contribution in [0.4, 0.5) is 5.82 Å². The lowest BCUT2D eigenvalue weighted by Crippen LogP contribution is -2.48. The van der Waals surface area contributed by atoms with Crippen LogP contribution in [0.1, 0.15) is 28.9 Å². The van der Waals surface area contributed by atoms with Gasteiger partial charge in [0.25, 0.3) is 5.91 Å². The molecular weight excluding hydrogens is 316 g/mol. The number of anilines is 1. The summed E-state index contributed by atoms with van der Waals surface area (Å²) in [6, 6.07) is 9.35. The molecule has 1 aliphatic rings. The third kappa shape index (κ3) is 4.33. The van der Waals surface area contributed by atoms with Crippen molar-refractivity contribution in [1.29, 1.82) is 0 Å². The summed E-state index contributed by atoms with van der Waals surface area (Å²) in [7, 11) is 3.82. The normalized spacial score (nSPS) is 20.4. The lowest BCUT2D eigenvalue weighted by Gasteiger charge is -2.38. The van der Waals surface area contributed by atoms with Crippen molar-refractivity contribution < 1.29 is 9.90 Å². The number of nitrogens with zero attached hydrogens (tertiary/aromatic N) is 3. The van der Waals surface area contributed by atoms with E-state index in [0.29, 0.717) is 12.0 Å². The number of aliphatic hydroxyl groups is 1. The summed E-state index contributed by atoms with van der Waals surface area (Å²) >= 11 is 0. The Bertz CT molecular complexity index is 697. The van der Waals surface area contributed by atoms with E-state index in [1.165, 1.54) is 0 Å². The molecule has 2 aromatic rings. The summed E-state index contributed by atoms with van der Waals surface area (Å²) in [5, 5.41) is 12.7. The number of amides is 1. The van der Waals surface area contributed by atoms with Crippen LogP contribution >= 0.6 is 0 Å². The second kappa shape index (κ2) is 7.61. The van der Waals surface area contributed by atoms with Crippen molar-refractivity contribution in [3.8, 4) is 0 Å². The fourth-order valence-corrected chi connectivity index (χ4v) is 3.07. The van der Waals surface area contributed by atoms with Gasteiger partial charge < -0.3 is 15.3 Å². The zero-order chi connectivity index (χ0) is 17.8. The van der Waals surface area contributed by atoms with E-state index in [1.807, 2.05) is 43.3 Å². The Morgan fingerprint density at radius 1 is 1.28 bits per heavy atom. The SMILES string of the molecule is CN(C)c1ccc(C(=O)NC(Cc2ccccn2)C2CC(O)C2)cn1. The minimum Gasteiger partial charge on any atom is -0.393 e. The van der Waals surface area contributed by atoms with Crippen molar-refractivity contribution >= 4 is 11.7 Å². The molecule has 0 aliphatic heterocycles. The summed E-state index contributed by atoms with van der Waals surface area (Å²) in [6.45, 7) is 0. The molecule has 0 saturated heterocycles. The second-order valence-electron chi connectivity index (χ2n) is 6.79. The number of carbonyl (C=O) groups excluding carboxylic acids is 1. The number of rotatable bonds is 6. The van der Waals surface area contributed by atoms with Crippen molar-refractivity contribution in [3.05, 3.63) is 54.0 Å². The van der Waals surface area contributed by atoms with Crippen LogP contribution in [0, 0.1) is 5.92 Å². The summed E-state index contributed by atoms with van der Waals surface area (Å²) in [6.07, 6.45) is 5.19. The van der Waals surface area contributed by atoms with E-state index in [-0.39, 0.29) is 24.0 Å². The third-order valence-electron chi connectivity index (χ3n) is 4.66. The molecule has 0 bridgehead atoms. The van der Waals surface area contributed by atoms with Crippen molar-refractivity contribution in [2.24, 2.45) is 5.92 Å². The van der Waals surface area contributed by atoms with Gasteiger partial charge in [0.2, 0.25) is 0 Å². The molecule has 2 N–H and O–H groups in total. The van der Waals surface area contributed by atoms with Crippen LogP contribution in [-0.4, -0.2) is 47.2 Å². The summed E-state index contributed by atoms with van der Waals surface area (Å²) < 4.78 is 0. The highest BCUT2D eigenvalue weighted by molar-refractivity contribution is 5.94.